The fourth-order valence-electron chi connectivity index (χ4n) is 2.88. The summed E-state index contributed by atoms with van der Waals surface area (Å²) in [5, 5.41) is 8.83. The molecular formula is C15H12F6N2O3. The largest absolute Gasteiger partial charge is 0.489 e. The number of aromatic nitrogens is 1. The molecule has 0 unspecified atom stereocenters. The van der Waals surface area contributed by atoms with Gasteiger partial charge in [-0.05, 0) is 6.07 Å². The highest BCUT2D eigenvalue weighted by molar-refractivity contribution is 5.89. The summed E-state index contributed by atoms with van der Waals surface area (Å²) in [4.78, 5) is 14.4. The van der Waals surface area contributed by atoms with Gasteiger partial charge in [-0.3, -0.25) is 4.79 Å². The monoisotopic (exact) mass is 382 g/mol. The van der Waals surface area contributed by atoms with Crippen molar-refractivity contribution in [3.05, 3.63) is 34.1 Å². The van der Waals surface area contributed by atoms with Gasteiger partial charge < -0.3 is 19.7 Å². The van der Waals surface area contributed by atoms with Crippen LogP contribution in [0, 0.1) is 0 Å². The number of hydrogen-bond donors (Lipinski definition) is 2. The van der Waals surface area contributed by atoms with Gasteiger partial charge >= 0.3 is 12.4 Å². The number of nitrogens with zero attached hydrogens (tertiary/aromatic N) is 1. The number of aromatic amines is 1. The number of rotatable bonds is 2. The third-order valence-electron chi connectivity index (χ3n) is 3.97. The van der Waals surface area contributed by atoms with Crippen LogP contribution in [0.25, 0.3) is 10.9 Å². The van der Waals surface area contributed by atoms with Crippen molar-refractivity contribution in [2.45, 2.75) is 18.4 Å². The van der Waals surface area contributed by atoms with Crippen molar-refractivity contribution in [1.29, 1.82) is 0 Å². The van der Waals surface area contributed by atoms with Crippen LogP contribution in [-0.4, -0.2) is 42.1 Å². The molecule has 0 amide bonds. The molecule has 0 bridgehead atoms. The predicted molar refractivity (Wildman–Crippen MR) is 79.3 cm³/mol. The number of pyridine rings is 1. The first-order valence-electron chi connectivity index (χ1n) is 7.35. The number of fused-ring (bicyclic) bond motifs is 2. The number of hydrogen-bond acceptors (Lipinski definition) is 4. The fraction of sp³-hybridized carbons (Fsp3) is 0.400. The van der Waals surface area contributed by atoms with Gasteiger partial charge in [0.15, 0.2) is 0 Å². The fourth-order valence-corrected chi connectivity index (χ4v) is 2.88. The minimum atomic E-state index is -4.87. The zero-order valence-corrected chi connectivity index (χ0v) is 12.9. The number of aliphatic hydroxyl groups excluding tert-OH is 1. The second-order valence-corrected chi connectivity index (χ2v) is 5.80. The van der Waals surface area contributed by atoms with Gasteiger partial charge in [0.25, 0.3) is 0 Å². The summed E-state index contributed by atoms with van der Waals surface area (Å²) in [6, 6.07) is 1.21. The highest BCUT2D eigenvalue weighted by atomic mass is 19.4. The zero-order valence-electron chi connectivity index (χ0n) is 12.9. The predicted octanol–water partition coefficient (Wildman–Crippen LogP) is 2.67. The number of anilines is 1. The molecule has 0 aliphatic carbocycles. The lowest BCUT2D eigenvalue weighted by atomic mass is 10.0. The van der Waals surface area contributed by atoms with Crippen LogP contribution in [0.4, 0.5) is 32.0 Å². The third kappa shape index (κ3) is 3.43. The highest BCUT2D eigenvalue weighted by Crippen LogP contribution is 2.41. The first-order chi connectivity index (χ1) is 12.0. The Morgan fingerprint density at radius 2 is 1.88 bits per heavy atom. The molecule has 1 aliphatic heterocycles. The van der Waals surface area contributed by atoms with E-state index in [9.17, 15) is 36.2 Å². The molecule has 2 aromatic rings. The van der Waals surface area contributed by atoms with Crippen molar-refractivity contribution >= 4 is 16.6 Å². The number of ether oxygens (including phenoxy) is 1. The molecule has 0 spiro atoms. The van der Waals surface area contributed by atoms with Crippen LogP contribution < -0.4 is 15.2 Å². The van der Waals surface area contributed by atoms with E-state index >= 15 is 0 Å². The maximum atomic E-state index is 13.2. The quantitative estimate of drug-likeness (QED) is 0.784. The molecule has 0 fully saturated rings. The number of halogens is 6. The summed E-state index contributed by atoms with van der Waals surface area (Å²) in [6.07, 6.45) is -9.52. The Labute approximate surface area is 141 Å². The van der Waals surface area contributed by atoms with Gasteiger partial charge in [0.05, 0.1) is 29.4 Å². The SMILES string of the molecule is O=c1cc(C(F)(F)F)c2cc3c(cc2[nH]1)OC[C@@H](CO)N3CC(F)(F)F. The van der Waals surface area contributed by atoms with Gasteiger partial charge in [0.1, 0.15) is 18.9 Å². The van der Waals surface area contributed by atoms with Crippen molar-refractivity contribution < 1.29 is 36.2 Å². The minimum Gasteiger partial charge on any atom is -0.489 e. The lowest BCUT2D eigenvalue weighted by Crippen LogP contribution is -2.49. The molecule has 2 N–H and O–H groups in total. The van der Waals surface area contributed by atoms with E-state index in [1.807, 2.05) is 0 Å². The summed E-state index contributed by atoms with van der Waals surface area (Å²) >= 11 is 0. The van der Waals surface area contributed by atoms with Crippen molar-refractivity contribution in [3.8, 4) is 5.75 Å². The van der Waals surface area contributed by atoms with Gasteiger partial charge in [-0.2, -0.15) is 26.3 Å². The maximum Gasteiger partial charge on any atom is 0.417 e. The van der Waals surface area contributed by atoms with Crippen molar-refractivity contribution in [3.63, 3.8) is 0 Å². The van der Waals surface area contributed by atoms with Crippen LogP contribution in [0.5, 0.6) is 5.75 Å². The Kier molecular flexibility index (Phi) is 4.29. The van der Waals surface area contributed by atoms with Crippen LogP contribution >= 0.6 is 0 Å². The molecule has 0 radical (unpaired) electrons. The summed E-state index contributed by atoms with van der Waals surface area (Å²) < 4.78 is 83.6. The number of aliphatic hydroxyl groups is 1. The van der Waals surface area contributed by atoms with Crippen LogP contribution in [-0.2, 0) is 6.18 Å². The molecule has 26 heavy (non-hydrogen) atoms. The van der Waals surface area contributed by atoms with Gasteiger partial charge in [-0.25, -0.2) is 0 Å². The number of H-pyrrole nitrogens is 1. The summed E-state index contributed by atoms with van der Waals surface area (Å²) in [7, 11) is 0. The smallest absolute Gasteiger partial charge is 0.417 e. The second kappa shape index (κ2) is 6.08. The van der Waals surface area contributed by atoms with Gasteiger partial charge in [0, 0.05) is 17.5 Å². The molecule has 1 aromatic carbocycles. The third-order valence-corrected chi connectivity index (χ3v) is 3.97. The molecular weight excluding hydrogens is 370 g/mol. The van der Waals surface area contributed by atoms with Crippen molar-refractivity contribution in [2.75, 3.05) is 24.7 Å². The number of alkyl halides is 6. The van der Waals surface area contributed by atoms with Crippen LogP contribution in [0.15, 0.2) is 23.0 Å². The molecule has 1 atom stereocenters. The van der Waals surface area contributed by atoms with E-state index in [1.54, 1.807) is 0 Å². The molecule has 0 saturated carbocycles. The summed E-state index contributed by atoms with van der Waals surface area (Å²) in [5.74, 6) is -0.110. The Morgan fingerprint density at radius 3 is 2.46 bits per heavy atom. The Bertz CT molecular complexity index is 890. The lowest BCUT2D eigenvalue weighted by Gasteiger charge is -2.38. The molecule has 0 saturated heterocycles. The van der Waals surface area contributed by atoms with E-state index in [4.69, 9.17) is 4.74 Å². The number of benzene rings is 1. The summed E-state index contributed by atoms with van der Waals surface area (Å²) in [5.41, 5.74) is -2.71. The Morgan fingerprint density at radius 1 is 1.19 bits per heavy atom. The zero-order chi connectivity index (χ0) is 19.3. The van der Waals surface area contributed by atoms with Crippen LogP contribution in [0.3, 0.4) is 0 Å². The van der Waals surface area contributed by atoms with E-state index in [1.165, 1.54) is 0 Å². The first kappa shape index (κ1) is 18.4. The maximum absolute atomic E-state index is 13.2. The van der Waals surface area contributed by atoms with E-state index in [-0.39, 0.29) is 23.6 Å². The molecule has 2 heterocycles. The van der Waals surface area contributed by atoms with E-state index < -0.39 is 48.1 Å². The highest BCUT2D eigenvalue weighted by Gasteiger charge is 2.39. The first-order valence-corrected chi connectivity index (χ1v) is 7.35. The molecule has 1 aliphatic rings. The molecule has 142 valence electrons. The van der Waals surface area contributed by atoms with E-state index in [2.05, 4.69) is 4.98 Å². The van der Waals surface area contributed by atoms with Gasteiger partial charge in [-0.1, -0.05) is 0 Å². The van der Waals surface area contributed by atoms with Crippen molar-refractivity contribution in [2.24, 2.45) is 0 Å². The molecule has 3 rings (SSSR count). The Hall–Kier alpha value is -2.43. The van der Waals surface area contributed by atoms with Crippen molar-refractivity contribution in [1.82, 2.24) is 4.98 Å². The number of nitrogens with one attached hydrogen (secondary N) is 1. The molecule has 5 nitrogen and oxygen atoms in total. The van der Waals surface area contributed by atoms with E-state index in [0.717, 1.165) is 17.0 Å². The normalized spacial score (nSPS) is 18.0. The second-order valence-electron chi connectivity index (χ2n) is 5.80. The van der Waals surface area contributed by atoms with Gasteiger partial charge in [-0.15, -0.1) is 0 Å². The molecule has 1 aromatic heterocycles. The Balaban J connectivity index is 2.24. The van der Waals surface area contributed by atoms with Crippen LogP contribution in [0.2, 0.25) is 0 Å². The van der Waals surface area contributed by atoms with Crippen LogP contribution in [0.1, 0.15) is 5.56 Å². The average molecular weight is 382 g/mol. The van der Waals surface area contributed by atoms with E-state index in [0.29, 0.717) is 6.07 Å². The average Bonchev–Trinajstić information content (AvgIpc) is 2.50. The standard InChI is InChI=1S/C15H12F6N2O3/c16-14(17,18)6-23-7(4-24)5-26-12-3-10-8(1-11(12)23)9(15(19,20)21)2-13(25)22-10/h1-3,7,24H,4-6H2,(H,22,25)/t7-/m1/s1. The summed E-state index contributed by atoms with van der Waals surface area (Å²) in [6.45, 7) is -2.43. The van der Waals surface area contributed by atoms with Gasteiger partial charge in [0.2, 0.25) is 5.56 Å². The molecule has 11 heteroatoms. The minimum absolute atomic E-state index is 0.110. The topological polar surface area (TPSA) is 65.6 Å². The lowest BCUT2D eigenvalue weighted by molar-refractivity contribution is -0.136.